The van der Waals surface area contributed by atoms with E-state index in [0.29, 0.717) is 5.75 Å². The van der Waals surface area contributed by atoms with Gasteiger partial charge in [0.25, 0.3) is 0 Å². The van der Waals surface area contributed by atoms with Crippen LogP contribution in [-0.2, 0) is 11.2 Å². The molecule has 2 aromatic rings. The molecular weight excluding hydrogens is 240 g/mol. The summed E-state index contributed by atoms with van der Waals surface area (Å²) in [4.78, 5) is 11.0. The smallest absolute Gasteiger partial charge is 0.307 e. The quantitative estimate of drug-likeness (QED) is 0.913. The highest BCUT2D eigenvalue weighted by atomic mass is 16.5. The van der Waals surface area contributed by atoms with Gasteiger partial charge in [-0.1, -0.05) is 35.9 Å². The Morgan fingerprint density at radius 2 is 2.00 bits per heavy atom. The van der Waals surface area contributed by atoms with Gasteiger partial charge in [0.05, 0.1) is 13.5 Å². The fourth-order valence-electron chi connectivity index (χ4n) is 2.10. The third-order valence-electron chi connectivity index (χ3n) is 2.98. The second-order valence-electron chi connectivity index (χ2n) is 4.46. The van der Waals surface area contributed by atoms with Gasteiger partial charge in [-0.3, -0.25) is 4.79 Å². The number of hydrogen-bond acceptors (Lipinski definition) is 2. The zero-order valence-corrected chi connectivity index (χ0v) is 11.0. The number of benzene rings is 2. The molecule has 0 spiro atoms. The van der Waals surface area contributed by atoms with E-state index in [1.807, 2.05) is 43.3 Å². The minimum atomic E-state index is -0.845. The molecule has 0 bridgehead atoms. The van der Waals surface area contributed by atoms with Gasteiger partial charge in [-0.05, 0) is 35.7 Å². The van der Waals surface area contributed by atoms with Crippen LogP contribution in [0.5, 0.6) is 5.75 Å². The Morgan fingerprint density at radius 3 is 2.63 bits per heavy atom. The van der Waals surface area contributed by atoms with E-state index in [0.717, 1.165) is 22.3 Å². The van der Waals surface area contributed by atoms with Crippen molar-refractivity contribution in [3.63, 3.8) is 0 Å². The van der Waals surface area contributed by atoms with E-state index < -0.39 is 5.97 Å². The van der Waals surface area contributed by atoms with Crippen molar-refractivity contribution < 1.29 is 14.6 Å². The third kappa shape index (κ3) is 3.13. The maximum atomic E-state index is 11.0. The average molecular weight is 256 g/mol. The summed E-state index contributed by atoms with van der Waals surface area (Å²) in [6.07, 6.45) is -0.0134. The Bertz CT molecular complexity index is 603. The molecule has 3 nitrogen and oxygen atoms in total. The second-order valence-corrected chi connectivity index (χ2v) is 4.46. The molecule has 0 aliphatic carbocycles. The minimum Gasteiger partial charge on any atom is -0.497 e. The molecule has 3 heteroatoms. The summed E-state index contributed by atoms with van der Waals surface area (Å²) in [5.74, 6) is -0.171. The average Bonchev–Trinajstić information content (AvgIpc) is 2.38. The summed E-state index contributed by atoms with van der Waals surface area (Å²) in [5.41, 5.74) is 3.87. The summed E-state index contributed by atoms with van der Waals surface area (Å²) in [6, 6.07) is 13.6. The number of ether oxygens (including phenoxy) is 1. The van der Waals surface area contributed by atoms with E-state index >= 15 is 0 Å². The van der Waals surface area contributed by atoms with Crippen LogP contribution in [0.2, 0.25) is 0 Å². The fourth-order valence-corrected chi connectivity index (χ4v) is 2.10. The molecule has 0 heterocycles. The highest BCUT2D eigenvalue weighted by Gasteiger charge is 2.10. The standard InChI is InChI=1S/C16H16O3/c1-11-4-3-5-12(8-11)15-7-6-14(19-2)9-13(15)10-16(17)18/h3-9H,10H2,1-2H3,(H,17,18). The van der Waals surface area contributed by atoms with Crippen LogP contribution >= 0.6 is 0 Å². The second kappa shape index (κ2) is 5.57. The first-order valence-electron chi connectivity index (χ1n) is 6.06. The van der Waals surface area contributed by atoms with Crippen molar-refractivity contribution in [1.82, 2.24) is 0 Å². The van der Waals surface area contributed by atoms with Crippen LogP contribution in [0.25, 0.3) is 11.1 Å². The first-order chi connectivity index (χ1) is 9.10. The van der Waals surface area contributed by atoms with Crippen molar-refractivity contribution in [1.29, 1.82) is 0 Å². The molecule has 0 unspecified atom stereocenters. The van der Waals surface area contributed by atoms with Crippen LogP contribution in [0, 0.1) is 6.92 Å². The maximum absolute atomic E-state index is 11.0. The molecule has 0 aliphatic rings. The number of carbonyl (C=O) groups is 1. The van der Waals surface area contributed by atoms with Gasteiger partial charge in [-0.25, -0.2) is 0 Å². The largest absolute Gasteiger partial charge is 0.497 e. The fraction of sp³-hybridized carbons (Fsp3) is 0.188. The van der Waals surface area contributed by atoms with E-state index in [2.05, 4.69) is 0 Å². The zero-order chi connectivity index (χ0) is 13.8. The van der Waals surface area contributed by atoms with Crippen LogP contribution in [0.3, 0.4) is 0 Å². The molecule has 0 aromatic heterocycles. The van der Waals surface area contributed by atoms with Gasteiger partial charge in [-0.15, -0.1) is 0 Å². The SMILES string of the molecule is COc1ccc(-c2cccc(C)c2)c(CC(=O)O)c1. The van der Waals surface area contributed by atoms with Crippen molar-refractivity contribution in [2.24, 2.45) is 0 Å². The number of aliphatic carboxylic acids is 1. The summed E-state index contributed by atoms with van der Waals surface area (Å²) in [5, 5.41) is 9.02. The van der Waals surface area contributed by atoms with Gasteiger partial charge < -0.3 is 9.84 Å². The molecule has 19 heavy (non-hydrogen) atoms. The molecule has 98 valence electrons. The Hall–Kier alpha value is -2.29. The molecule has 0 saturated carbocycles. The van der Waals surface area contributed by atoms with Gasteiger partial charge in [0.15, 0.2) is 0 Å². The maximum Gasteiger partial charge on any atom is 0.307 e. The Balaban J connectivity index is 2.52. The normalized spacial score (nSPS) is 10.2. The summed E-state index contributed by atoms with van der Waals surface area (Å²) < 4.78 is 5.16. The van der Waals surface area contributed by atoms with Gasteiger partial charge in [0.2, 0.25) is 0 Å². The lowest BCUT2D eigenvalue weighted by atomic mass is 9.96. The van der Waals surface area contributed by atoms with Crippen LogP contribution in [0.15, 0.2) is 42.5 Å². The zero-order valence-electron chi connectivity index (χ0n) is 11.0. The molecule has 2 aromatic carbocycles. The first kappa shape index (κ1) is 13.1. The number of methoxy groups -OCH3 is 1. The lowest BCUT2D eigenvalue weighted by Crippen LogP contribution is -2.02. The minimum absolute atomic E-state index is 0.0134. The topological polar surface area (TPSA) is 46.5 Å². The third-order valence-corrected chi connectivity index (χ3v) is 2.98. The van der Waals surface area contributed by atoms with Crippen LogP contribution in [0.1, 0.15) is 11.1 Å². The number of carboxylic acid groups (broad SMARTS) is 1. The van der Waals surface area contributed by atoms with E-state index in [1.165, 1.54) is 0 Å². The van der Waals surface area contributed by atoms with E-state index in [9.17, 15) is 4.79 Å². The van der Waals surface area contributed by atoms with E-state index in [-0.39, 0.29) is 6.42 Å². The number of hydrogen-bond donors (Lipinski definition) is 1. The van der Waals surface area contributed by atoms with Crippen molar-refractivity contribution in [2.75, 3.05) is 7.11 Å². The summed E-state index contributed by atoms with van der Waals surface area (Å²) >= 11 is 0. The molecule has 1 N–H and O–H groups in total. The number of aryl methyl sites for hydroxylation is 1. The number of carboxylic acids is 1. The Labute approximate surface area is 112 Å². The lowest BCUT2D eigenvalue weighted by Gasteiger charge is -2.11. The highest BCUT2D eigenvalue weighted by molar-refractivity contribution is 5.77. The van der Waals surface area contributed by atoms with Crippen molar-refractivity contribution in [3.8, 4) is 16.9 Å². The molecule has 0 amide bonds. The molecular formula is C16H16O3. The summed E-state index contributed by atoms with van der Waals surface area (Å²) in [6.45, 7) is 2.02. The van der Waals surface area contributed by atoms with Gasteiger partial charge in [0, 0.05) is 0 Å². The Morgan fingerprint density at radius 1 is 1.21 bits per heavy atom. The van der Waals surface area contributed by atoms with Crippen molar-refractivity contribution in [3.05, 3.63) is 53.6 Å². The van der Waals surface area contributed by atoms with E-state index in [4.69, 9.17) is 9.84 Å². The van der Waals surface area contributed by atoms with Crippen LogP contribution in [0.4, 0.5) is 0 Å². The van der Waals surface area contributed by atoms with Crippen molar-refractivity contribution in [2.45, 2.75) is 13.3 Å². The van der Waals surface area contributed by atoms with Gasteiger partial charge >= 0.3 is 5.97 Å². The van der Waals surface area contributed by atoms with Crippen LogP contribution < -0.4 is 4.74 Å². The highest BCUT2D eigenvalue weighted by Crippen LogP contribution is 2.28. The molecule has 0 atom stereocenters. The van der Waals surface area contributed by atoms with Gasteiger partial charge in [0.1, 0.15) is 5.75 Å². The predicted molar refractivity (Wildman–Crippen MR) is 74.5 cm³/mol. The molecule has 0 aliphatic heterocycles. The van der Waals surface area contributed by atoms with Gasteiger partial charge in [-0.2, -0.15) is 0 Å². The Kier molecular flexibility index (Phi) is 3.85. The van der Waals surface area contributed by atoms with Crippen LogP contribution in [-0.4, -0.2) is 18.2 Å². The number of rotatable bonds is 4. The van der Waals surface area contributed by atoms with Crippen molar-refractivity contribution >= 4 is 5.97 Å². The molecule has 2 rings (SSSR count). The van der Waals surface area contributed by atoms with E-state index in [1.54, 1.807) is 13.2 Å². The molecule has 0 fully saturated rings. The first-order valence-corrected chi connectivity index (χ1v) is 6.06. The predicted octanol–water partition coefficient (Wildman–Crippen LogP) is 3.30. The molecule has 0 radical (unpaired) electrons. The monoisotopic (exact) mass is 256 g/mol. The lowest BCUT2D eigenvalue weighted by molar-refractivity contribution is -0.136. The molecule has 0 saturated heterocycles. The summed E-state index contributed by atoms with van der Waals surface area (Å²) in [7, 11) is 1.58.